The lowest BCUT2D eigenvalue weighted by atomic mass is 10.3. The molecule has 4 rings (SSSR count). The van der Waals surface area contributed by atoms with Gasteiger partial charge >= 0.3 is 6.03 Å². The van der Waals surface area contributed by atoms with Crippen LogP contribution in [0.4, 0.5) is 16.2 Å². The molecular weight excluding hydrogens is 394 g/mol. The number of carbonyl (C=O) groups is 1. The van der Waals surface area contributed by atoms with E-state index in [-0.39, 0.29) is 6.03 Å². The van der Waals surface area contributed by atoms with Crippen molar-refractivity contribution in [3.63, 3.8) is 0 Å². The second-order valence-corrected chi connectivity index (χ2v) is 6.45. The minimum absolute atomic E-state index is 0.368. The third-order valence-corrected chi connectivity index (χ3v) is 4.26. The lowest BCUT2D eigenvalue weighted by Crippen LogP contribution is -2.19. The van der Waals surface area contributed by atoms with Gasteiger partial charge in [-0.05, 0) is 61.5 Å². The van der Waals surface area contributed by atoms with Crippen LogP contribution in [0.2, 0.25) is 0 Å². The number of anilines is 2. The van der Waals surface area contributed by atoms with E-state index in [9.17, 15) is 4.79 Å². The number of amides is 2. The SMILES string of the molecule is CCOc1ccccc1NC(=O)Nc1ccc(Oc2ccc(-n3cccc3)nn2)cc1. The largest absolute Gasteiger partial charge is 0.492 e. The Hall–Kier alpha value is -4.33. The maximum absolute atomic E-state index is 12.3. The summed E-state index contributed by atoms with van der Waals surface area (Å²) in [6.45, 7) is 2.41. The minimum Gasteiger partial charge on any atom is -0.492 e. The van der Waals surface area contributed by atoms with Crippen LogP contribution in [-0.2, 0) is 0 Å². The zero-order valence-electron chi connectivity index (χ0n) is 16.9. The number of rotatable bonds is 7. The van der Waals surface area contributed by atoms with Gasteiger partial charge in [0.15, 0.2) is 5.82 Å². The van der Waals surface area contributed by atoms with Crippen LogP contribution in [0.1, 0.15) is 6.92 Å². The highest BCUT2D eigenvalue weighted by atomic mass is 16.5. The minimum atomic E-state index is -0.368. The summed E-state index contributed by atoms with van der Waals surface area (Å²) in [6, 6.07) is 21.3. The highest BCUT2D eigenvalue weighted by Gasteiger charge is 2.08. The molecule has 2 heterocycles. The van der Waals surface area contributed by atoms with E-state index < -0.39 is 0 Å². The van der Waals surface area contributed by atoms with Gasteiger partial charge in [-0.25, -0.2) is 4.79 Å². The van der Waals surface area contributed by atoms with Gasteiger partial charge in [0.2, 0.25) is 5.88 Å². The predicted molar refractivity (Wildman–Crippen MR) is 118 cm³/mol. The molecule has 8 nitrogen and oxygen atoms in total. The first-order valence-corrected chi connectivity index (χ1v) is 9.76. The fourth-order valence-electron chi connectivity index (χ4n) is 2.86. The number of hydrogen-bond donors (Lipinski definition) is 2. The average Bonchev–Trinajstić information content (AvgIpc) is 3.32. The van der Waals surface area contributed by atoms with Crippen LogP contribution in [0.3, 0.4) is 0 Å². The molecule has 2 aromatic heterocycles. The van der Waals surface area contributed by atoms with Crippen molar-refractivity contribution in [1.29, 1.82) is 0 Å². The molecule has 0 fully saturated rings. The number of carbonyl (C=O) groups excluding carboxylic acids is 1. The molecular formula is C23H21N5O3. The number of urea groups is 1. The molecule has 31 heavy (non-hydrogen) atoms. The number of para-hydroxylation sites is 2. The number of hydrogen-bond acceptors (Lipinski definition) is 5. The predicted octanol–water partition coefficient (Wildman–Crippen LogP) is 5.10. The molecule has 0 atom stereocenters. The van der Waals surface area contributed by atoms with E-state index >= 15 is 0 Å². The van der Waals surface area contributed by atoms with Crippen LogP contribution in [0.5, 0.6) is 17.4 Å². The van der Waals surface area contributed by atoms with E-state index in [1.54, 1.807) is 42.5 Å². The Morgan fingerprint density at radius 3 is 2.39 bits per heavy atom. The fraction of sp³-hybridized carbons (Fsp3) is 0.0870. The van der Waals surface area contributed by atoms with E-state index in [0.29, 0.717) is 41.2 Å². The normalized spacial score (nSPS) is 10.4. The molecule has 0 aliphatic heterocycles. The Bertz CT molecular complexity index is 1130. The van der Waals surface area contributed by atoms with Gasteiger partial charge in [0.05, 0.1) is 12.3 Å². The summed E-state index contributed by atoms with van der Waals surface area (Å²) in [7, 11) is 0. The van der Waals surface area contributed by atoms with Crippen molar-refractivity contribution in [3.05, 3.63) is 85.2 Å². The fourth-order valence-corrected chi connectivity index (χ4v) is 2.86. The summed E-state index contributed by atoms with van der Waals surface area (Å²) in [5, 5.41) is 13.8. The van der Waals surface area contributed by atoms with Crippen molar-refractivity contribution >= 4 is 17.4 Å². The van der Waals surface area contributed by atoms with Gasteiger partial charge in [0.1, 0.15) is 11.5 Å². The van der Waals surface area contributed by atoms with Gasteiger partial charge < -0.3 is 24.7 Å². The van der Waals surface area contributed by atoms with Crippen molar-refractivity contribution in [2.75, 3.05) is 17.2 Å². The summed E-state index contributed by atoms with van der Waals surface area (Å²) >= 11 is 0. The lowest BCUT2D eigenvalue weighted by Gasteiger charge is -2.12. The first-order valence-electron chi connectivity index (χ1n) is 9.76. The van der Waals surface area contributed by atoms with Crippen molar-refractivity contribution in [1.82, 2.24) is 14.8 Å². The first kappa shape index (κ1) is 20.0. The number of benzene rings is 2. The standard InChI is InChI=1S/C23H21N5O3/c1-2-30-20-8-4-3-7-19(20)25-23(29)24-17-9-11-18(12-10-17)31-22-14-13-21(26-27-22)28-15-5-6-16-28/h3-16H,2H2,1H3,(H2,24,25,29). The first-order chi connectivity index (χ1) is 15.2. The number of aromatic nitrogens is 3. The maximum Gasteiger partial charge on any atom is 0.323 e. The summed E-state index contributed by atoms with van der Waals surface area (Å²) < 4.78 is 13.1. The zero-order valence-corrected chi connectivity index (χ0v) is 16.9. The molecule has 0 aliphatic rings. The second kappa shape index (κ2) is 9.45. The van der Waals surface area contributed by atoms with E-state index in [4.69, 9.17) is 9.47 Å². The Balaban J connectivity index is 1.34. The van der Waals surface area contributed by atoms with E-state index in [1.165, 1.54) is 0 Å². The quantitative estimate of drug-likeness (QED) is 0.438. The van der Waals surface area contributed by atoms with Gasteiger partial charge in [-0.1, -0.05) is 12.1 Å². The van der Waals surface area contributed by atoms with Crippen LogP contribution in [0.15, 0.2) is 85.2 Å². The number of nitrogens with zero attached hydrogens (tertiary/aromatic N) is 3. The molecule has 0 spiro atoms. The molecule has 2 aromatic carbocycles. The average molecular weight is 415 g/mol. The van der Waals surface area contributed by atoms with E-state index in [1.807, 2.05) is 54.2 Å². The summed E-state index contributed by atoms with van der Waals surface area (Å²) in [4.78, 5) is 12.3. The smallest absolute Gasteiger partial charge is 0.323 e. The summed E-state index contributed by atoms with van der Waals surface area (Å²) in [6.07, 6.45) is 3.78. The molecule has 2 N–H and O–H groups in total. The molecule has 0 saturated heterocycles. The molecule has 2 amide bonds. The van der Waals surface area contributed by atoms with Crippen molar-refractivity contribution in [2.24, 2.45) is 0 Å². The lowest BCUT2D eigenvalue weighted by molar-refractivity contribution is 0.262. The molecule has 0 saturated carbocycles. The van der Waals surface area contributed by atoms with Crippen LogP contribution in [0, 0.1) is 0 Å². The van der Waals surface area contributed by atoms with Crippen LogP contribution >= 0.6 is 0 Å². The van der Waals surface area contributed by atoms with Crippen LogP contribution in [0.25, 0.3) is 5.82 Å². The molecule has 156 valence electrons. The molecule has 0 bridgehead atoms. The molecule has 8 heteroatoms. The molecule has 0 aliphatic carbocycles. The van der Waals surface area contributed by atoms with Crippen molar-refractivity contribution in [3.8, 4) is 23.2 Å². The van der Waals surface area contributed by atoms with Gasteiger partial charge in [-0.3, -0.25) is 0 Å². The Labute approximate surface area is 179 Å². The highest BCUT2D eigenvalue weighted by molar-refractivity contribution is 6.00. The second-order valence-electron chi connectivity index (χ2n) is 6.45. The Kier molecular flexibility index (Phi) is 6.08. The molecule has 4 aromatic rings. The monoisotopic (exact) mass is 415 g/mol. The Morgan fingerprint density at radius 1 is 0.903 bits per heavy atom. The zero-order chi connectivity index (χ0) is 21.5. The molecule has 0 unspecified atom stereocenters. The molecule has 0 radical (unpaired) electrons. The van der Waals surface area contributed by atoms with Crippen LogP contribution in [-0.4, -0.2) is 27.4 Å². The third kappa shape index (κ3) is 5.18. The topological polar surface area (TPSA) is 90.3 Å². The summed E-state index contributed by atoms with van der Waals surface area (Å²) in [5.74, 6) is 2.28. The van der Waals surface area contributed by atoms with Gasteiger partial charge in [0.25, 0.3) is 0 Å². The van der Waals surface area contributed by atoms with E-state index in [0.717, 1.165) is 0 Å². The van der Waals surface area contributed by atoms with Crippen LogP contribution < -0.4 is 20.1 Å². The van der Waals surface area contributed by atoms with Gasteiger partial charge in [0, 0.05) is 24.1 Å². The van der Waals surface area contributed by atoms with Gasteiger partial charge in [-0.2, -0.15) is 0 Å². The van der Waals surface area contributed by atoms with Crippen molar-refractivity contribution in [2.45, 2.75) is 6.92 Å². The van der Waals surface area contributed by atoms with Gasteiger partial charge in [-0.15, -0.1) is 10.2 Å². The Morgan fingerprint density at radius 2 is 1.68 bits per heavy atom. The van der Waals surface area contributed by atoms with E-state index in [2.05, 4.69) is 20.8 Å². The third-order valence-electron chi connectivity index (χ3n) is 4.26. The summed E-state index contributed by atoms with van der Waals surface area (Å²) in [5.41, 5.74) is 1.22. The number of nitrogens with one attached hydrogen (secondary N) is 2. The highest BCUT2D eigenvalue weighted by Crippen LogP contribution is 2.25. The number of ether oxygens (including phenoxy) is 2. The maximum atomic E-state index is 12.3. The van der Waals surface area contributed by atoms with Crippen molar-refractivity contribution < 1.29 is 14.3 Å².